The molecule has 0 radical (unpaired) electrons. The van der Waals surface area contributed by atoms with Crippen LogP contribution in [0.4, 0.5) is 0 Å². The quantitative estimate of drug-likeness (QED) is 0.103. The van der Waals surface area contributed by atoms with Crippen molar-refractivity contribution < 1.29 is 14.3 Å². The molecule has 3 aliphatic carbocycles. The van der Waals surface area contributed by atoms with E-state index in [1.807, 2.05) is 13.8 Å². The smallest absolute Gasteiger partial charge is 0.321 e. The first-order valence-corrected chi connectivity index (χ1v) is 21.5. The molecule has 0 saturated heterocycles. The lowest BCUT2D eigenvalue weighted by Gasteiger charge is -2.26. The van der Waals surface area contributed by atoms with E-state index in [9.17, 15) is 9.59 Å². The minimum Gasteiger partial charge on any atom is -0.392 e. The minimum absolute atomic E-state index is 0.413. The number of ether oxygens (including phenoxy) is 1. The summed E-state index contributed by atoms with van der Waals surface area (Å²) in [6, 6.07) is 26.3. The van der Waals surface area contributed by atoms with Crippen LogP contribution < -0.4 is 0 Å². The number of rotatable bonds is 10. The maximum atomic E-state index is 15.0. The highest BCUT2D eigenvalue weighted by Gasteiger charge is 2.38. The van der Waals surface area contributed by atoms with Crippen molar-refractivity contribution in [2.24, 2.45) is 5.92 Å². The number of aryl methyl sites for hydroxylation is 8. The van der Waals surface area contributed by atoms with Crippen LogP contribution in [0.5, 0.6) is 0 Å². The van der Waals surface area contributed by atoms with Gasteiger partial charge in [0.2, 0.25) is 0 Å². The van der Waals surface area contributed by atoms with Crippen LogP contribution >= 0.6 is 0 Å². The van der Waals surface area contributed by atoms with Crippen LogP contribution in [-0.4, -0.2) is 21.9 Å². The van der Waals surface area contributed by atoms with Crippen molar-refractivity contribution in [2.75, 3.05) is 0 Å². The third-order valence-corrected chi connectivity index (χ3v) is 13.1. The predicted octanol–water partition coefficient (Wildman–Crippen LogP) is 12.3. The lowest BCUT2D eigenvalue weighted by molar-refractivity contribution is -0.162. The number of fused-ring (bicyclic) bond motifs is 5. The van der Waals surface area contributed by atoms with Gasteiger partial charge in [0.05, 0.1) is 22.9 Å². The van der Waals surface area contributed by atoms with Gasteiger partial charge in [-0.3, -0.25) is 19.6 Å². The first kappa shape index (κ1) is 37.4. The summed E-state index contributed by atoms with van der Waals surface area (Å²) in [6.45, 7) is 10.4. The number of hydrogen-bond donors (Lipinski definition) is 0. The van der Waals surface area contributed by atoms with Crippen molar-refractivity contribution in [3.05, 3.63) is 129 Å². The zero-order valence-electron chi connectivity index (χ0n) is 34.3. The molecule has 0 amide bonds. The highest BCUT2D eigenvalue weighted by Crippen LogP contribution is 2.47. The van der Waals surface area contributed by atoms with Gasteiger partial charge in [-0.2, -0.15) is 0 Å². The molecule has 9 rings (SSSR count). The third-order valence-electron chi connectivity index (χ3n) is 13.1. The molecule has 5 heteroatoms. The number of carbonyl (C=O) groups excluding carboxylic acids is 2. The minimum atomic E-state index is -0.648. The average Bonchev–Trinajstić information content (AvgIpc) is 3.90. The first-order chi connectivity index (χ1) is 27.7. The number of pyridine rings is 2. The van der Waals surface area contributed by atoms with E-state index in [2.05, 4.69) is 93.6 Å². The summed E-state index contributed by atoms with van der Waals surface area (Å²) >= 11 is 0. The second-order valence-corrected chi connectivity index (χ2v) is 17.3. The molecule has 2 aromatic heterocycles. The topological polar surface area (TPSA) is 69.2 Å². The van der Waals surface area contributed by atoms with Crippen LogP contribution in [0.2, 0.25) is 0 Å². The van der Waals surface area contributed by atoms with E-state index in [4.69, 9.17) is 14.7 Å². The van der Waals surface area contributed by atoms with Crippen LogP contribution in [0.3, 0.4) is 0 Å². The molecule has 3 aliphatic rings. The SMILES string of the molecule is CCCC(C(=O)OC(=O)C(CC1CC1)c1c(C)nc2cc3c(cc2c1-c1ccc(C)cc1)CCCC3)c1c(C)nc2ccc3c(c2c1-c1ccc(C)cc1)CCC3. The maximum Gasteiger partial charge on any atom is 0.321 e. The number of benzene rings is 4. The standard InChI is InChI=1S/C52H54N2O3/c1-6-10-41(46-32(4)53-44-26-25-35-13-9-14-40(35)50(44)49(46)37-23-17-31(3)18-24-37)51(55)57-52(56)43(27-34-19-20-34)47-33(5)54-45-29-39-12-8-7-11-38(39)28-42(45)48(47)36-21-15-30(2)16-22-36/h15-18,21-26,28-29,34,41,43H,6-14,19-20,27H2,1-5H3. The van der Waals surface area contributed by atoms with Crippen LogP contribution in [0.15, 0.2) is 72.8 Å². The molecular formula is C52H54N2O3. The molecule has 1 fully saturated rings. The summed E-state index contributed by atoms with van der Waals surface area (Å²) in [5.74, 6) is -1.80. The summed E-state index contributed by atoms with van der Waals surface area (Å²) in [4.78, 5) is 40.3. The Balaban J connectivity index is 1.17. The molecule has 0 spiro atoms. The molecule has 0 aliphatic heterocycles. The second-order valence-electron chi connectivity index (χ2n) is 17.3. The molecule has 2 unspecified atom stereocenters. The van der Waals surface area contributed by atoms with E-state index in [1.54, 1.807) is 0 Å². The molecule has 4 aromatic carbocycles. The van der Waals surface area contributed by atoms with Crippen molar-refractivity contribution in [3.63, 3.8) is 0 Å². The summed E-state index contributed by atoms with van der Waals surface area (Å²) < 4.78 is 6.27. The van der Waals surface area contributed by atoms with Gasteiger partial charge in [-0.25, -0.2) is 0 Å². The monoisotopic (exact) mass is 754 g/mol. The number of esters is 2. The number of carbonyl (C=O) groups is 2. The van der Waals surface area contributed by atoms with E-state index in [1.165, 1.54) is 46.2 Å². The van der Waals surface area contributed by atoms with Crippen molar-refractivity contribution in [2.45, 2.75) is 124 Å². The molecule has 0 N–H and O–H groups in total. The van der Waals surface area contributed by atoms with Gasteiger partial charge in [0.15, 0.2) is 0 Å². The van der Waals surface area contributed by atoms with Crippen LogP contribution in [0.25, 0.3) is 44.1 Å². The molecular weight excluding hydrogens is 701 g/mol. The molecule has 1 saturated carbocycles. The van der Waals surface area contributed by atoms with Gasteiger partial charge in [-0.15, -0.1) is 0 Å². The van der Waals surface area contributed by atoms with Gasteiger partial charge in [0, 0.05) is 22.2 Å². The zero-order valence-corrected chi connectivity index (χ0v) is 34.3. The molecule has 57 heavy (non-hydrogen) atoms. The van der Waals surface area contributed by atoms with E-state index >= 15 is 0 Å². The van der Waals surface area contributed by atoms with E-state index < -0.39 is 23.8 Å². The fourth-order valence-electron chi connectivity index (χ4n) is 10.0. The third kappa shape index (κ3) is 7.08. The fourth-order valence-corrected chi connectivity index (χ4v) is 10.0. The Kier molecular flexibility index (Phi) is 10.0. The van der Waals surface area contributed by atoms with Crippen LogP contribution in [-0.2, 0) is 40.0 Å². The van der Waals surface area contributed by atoms with Gasteiger partial charge >= 0.3 is 11.9 Å². The largest absolute Gasteiger partial charge is 0.392 e. The summed E-state index contributed by atoms with van der Waals surface area (Å²) in [7, 11) is 0. The van der Waals surface area contributed by atoms with Crippen molar-refractivity contribution >= 4 is 33.7 Å². The highest BCUT2D eigenvalue weighted by molar-refractivity contribution is 6.04. The van der Waals surface area contributed by atoms with Crippen molar-refractivity contribution in [1.29, 1.82) is 0 Å². The Hall–Kier alpha value is -5.16. The van der Waals surface area contributed by atoms with E-state index in [-0.39, 0.29) is 0 Å². The Morgan fingerprint density at radius 2 is 1.23 bits per heavy atom. The lowest BCUT2D eigenvalue weighted by atomic mass is 9.82. The van der Waals surface area contributed by atoms with Crippen LogP contribution in [0.1, 0.15) is 126 Å². The Morgan fingerprint density at radius 1 is 0.649 bits per heavy atom. The second kappa shape index (κ2) is 15.3. The van der Waals surface area contributed by atoms with E-state index in [0.29, 0.717) is 18.8 Å². The average molecular weight is 755 g/mol. The summed E-state index contributed by atoms with van der Waals surface area (Å²) in [6.07, 6.45) is 11.8. The number of hydrogen-bond acceptors (Lipinski definition) is 5. The normalized spacial score (nSPS) is 16.0. The Morgan fingerprint density at radius 3 is 1.88 bits per heavy atom. The van der Waals surface area contributed by atoms with Gasteiger partial charge in [-0.1, -0.05) is 91.9 Å². The fraction of sp³-hybridized carbons (Fsp3) is 0.385. The van der Waals surface area contributed by atoms with Gasteiger partial charge in [0.25, 0.3) is 0 Å². The Bertz CT molecular complexity index is 2550. The maximum absolute atomic E-state index is 15.0. The number of aromatic nitrogens is 2. The van der Waals surface area contributed by atoms with Gasteiger partial charge in [0.1, 0.15) is 0 Å². The highest BCUT2D eigenvalue weighted by atomic mass is 16.6. The first-order valence-electron chi connectivity index (χ1n) is 21.5. The van der Waals surface area contributed by atoms with Gasteiger partial charge < -0.3 is 4.74 Å². The van der Waals surface area contributed by atoms with Crippen LogP contribution in [0, 0.1) is 33.6 Å². The van der Waals surface area contributed by atoms with Crippen molar-refractivity contribution in [1.82, 2.24) is 9.97 Å². The lowest BCUT2D eigenvalue weighted by Crippen LogP contribution is -2.26. The Labute approximate surface area is 337 Å². The molecule has 2 heterocycles. The molecule has 5 nitrogen and oxygen atoms in total. The summed E-state index contributed by atoms with van der Waals surface area (Å²) in [5, 5.41) is 2.22. The summed E-state index contributed by atoms with van der Waals surface area (Å²) in [5.41, 5.74) is 17.5. The molecule has 2 atom stereocenters. The zero-order chi connectivity index (χ0) is 39.4. The molecule has 6 aromatic rings. The predicted molar refractivity (Wildman–Crippen MR) is 231 cm³/mol. The van der Waals surface area contributed by atoms with E-state index in [0.717, 1.165) is 118 Å². The van der Waals surface area contributed by atoms with Crippen molar-refractivity contribution in [3.8, 4) is 22.3 Å². The molecule has 290 valence electrons. The molecule has 0 bridgehead atoms. The number of nitrogens with zero attached hydrogens (tertiary/aromatic N) is 2. The van der Waals surface area contributed by atoms with Gasteiger partial charge in [-0.05, 0) is 165 Å².